The van der Waals surface area contributed by atoms with Crippen molar-refractivity contribution in [3.63, 3.8) is 0 Å². The zero-order valence-electron chi connectivity index (χ0n) is 8.28. The molecule has 1 rings (SSSR count). The lowest BCUT2D eigenvalue weighted by atomic mass is 9.89. The van der Waals surface area contributed by atoms with Crippen molar-refractivity contribution in [2.24, 2.45) is 5.41 Å². The van der Waals surface area contributed by atoms with E-state index in [0.717, 1.165) is 0 Å². The van der Waals surface area contributed by atoms with Gasteiger partial charge in [0, 0.05) is 0 Å². The van der Waals surface area contributed by atoms with Gasteiger partial charge < -0.3 is 14.6 Å². The van der Waals surface area contributed by atoms with Gasteiger partial charge in [-0.2, -0.15) is 0 Å². The molecule has 1 heterocycles. The van der Waals surface area contributed by atoms with Gasteiger partial charge in [0.2, 0.25) is 6.79 Å². The molecule has 3 nitrogen and oxygen atoms in total. The molecule has 0 aliphatic carbocycles. The van der Waals surface area contributed by atoms with E-state index in [0.29, 0.717) is 5.76 Å². The Kier molecular flexibility index (Phi) is 2.98. The Balaban J connectivity index is 2.47. The van der Waals surface area contributed by atoms with Crippen LogP contribution < -0.4 is 0 Å². The molecule has 74 valence electrons. The van der Waals surface area contributed by atoms with Crippen molar-refractivity contribution >= 4 is 0 Å². The normalized spacial score (nSPS) is 19.5. The Morgan fingerprint density at radius 1 is 1.54 bits per heavy atom. The summed E-state index contributed by atoms with van der Waals surface area (Å²) in [4.78, 5) is 0. The lowest BCUT2D eigenvalue weighted by molar-refractivity contribution is 0.0833. The third-order valence-corrected chi connectivity index (χ3v) is 1.82. The van der Waals surface area contributed by atoms with E-state index in [4.69, 9.17) is 9.47 Å². The first-order valence-electron chi connectivity index (χ1n) is 4.31. The van der Waals surface area contributed by atoms with Gasteiger partial charge in [-0.3, -0.25) is 0 Å². The minimum Gasteiger partial charge on any atom is -0.461 e. The van der Waals surface area contributed by atoms with Crippen LogP contribution in [0.1, 0.15) is 20.8 Å². The van der Waals surface area contributed by atoms with Gasteiger partial charge in [-0.1, -0.05) is 26.8 Å². The van der Waals surface area contributed by atoms with Gasteiger partial charge in [0.15, 0.2) is 5.76 Å². The van der Waals surface area contributed by atoms with Gasteiger partial charge in [-0.05, 0) is 11.5 Å². The fourth-order valence-electron chi connectivity index (χ4n) is 0.814. The molecule has 3 heteroatoms. The second-order valence-corrected chi connectivity index (χ2v) is 4.12. The minimum atomic E-state index is -0.474. The van der Waals surface area contributed by atoms with Crippen LogP contribution in [0.15, 0.2) is 24.2 Å². The first-order chi connectivity index (χ1) is 6.00. The maximum Gasteiger partial charge on any atom is 0.230 e. The molecule has 0 amide bonds. The molecular weight excluding hydrogens is 168 g/mol. The second-order valence-electron chi connectivity index (χ2n) is 4.12. The number of aliphatic hydroxyl groups excluding tert-OH is 1. The summed E-state index contributed by atoms with van der Waals surface area (Å²) in [5, 5.41) is 9.64. The van der Waals surface area contributed by atoms with Crippen molar-refractivity contribution in [3.8, 4) is 0 Å². The molecule has 0 spiro atoms. The Morgan fingerprint density at radius 3 is 2.69 bits per heavy atom. The smallest absolute Gasteiger partial charge is 0.230 e. The van der Waals surface area contributed by atoms with Crippen molar-refractivity contribution in [2.45, 2.75) is 26.9 Å². The van der Waals surface area contributed by atoms with Crippen LogP contribution in [-0.2, 0) is 9.47 Å². The average molecular weight is 184 g/mol. The molecule has 1 unspecified atom stereocenters. The first kappa shape index (κ1) is 10.1. The largest absolute Gasteiger partial charge is 0.461 e. The van der Waals surface area contributed by atoms with E-state index >= 15 is 0 Å². The molecule has 13 heavy (non-hydrogen) atoms. The molecular formula is C10H16O3. The van der Waals surface area contributed by atoms with E-state index in [9.17, 15) is 5.11 Å². The molecule has 1 aliphatic rings. The summed E-state index contributed by atoms with van der Waals surface area (Å²) in [5.41, 5.74) is -0.142. The van der Waals surface area contributed by atoms with Crippen LogP contribution in [-0.4, -0.2) is 18.0 Å². The van der Waals surface area contributed by atoms with Crippen molar-refractivity contribution in [3.05, 3.63) is 24.2 Å². The minimum absolute atomic E-state index is 0.142. The fourth-order valence-corrected chi connectivity index (χ4v) is 0.814. The van der Waals surface area contributed by atoms with Crippen LogP contribution in [0.25, 0.3) is 0 Å². The zero-order valence-corrected chi connectivity index (χ0v) is 8.28. The van der Waals surface area contributed by atoms with E-state index in [2.05, 4.69) is 0 Å². The fraction of sp³-hybridized carbons (Fsp3) is 0.600. The van der Waals surface area contributed by atoms with Crippen molar-refractivity contribution < 1.29 is 14.6 Å². The summed E-state index contributed by atoms with van der Waals surface area (Å²) >= 11 is 0. The van der Waals surface area contributed by atoms with Gasteiger partial charge in [0.05, 0.1) is 6.10 Å². The summed E-state index contributed by atoms with van der Waals surface area (Å²) in [6, 6.07) is 0. The van der Waals surface area contributed by atoms with Crippen LogP contribution >= 0.6 is 0 Å². The first-order valence-corrected chi connectivity index (χ1v) is 4.31. The van der Waals surface area contributed by atoms with E-state index in [1.54, 1.807) is 12.2 Å². The van der Waals surface area contributed by atoms with Gasteiger partial charge in [0.1, 0.15) is 6.26 Å². The Labute approximate surface area is 78.7 Å². The quantitative estimate of drug-likeness (QED) is 0.711. The lowest BCUT2D eigenvalue weighted by Crippen LogP contribution is -2.23. The predicted octanol–water partition coefficient (Wildman–Crippen LogP) is 1.80. The molecule has 0 saturated heterocycles. The molecule has 1 aliphatic heterocycles. The summed E-state index contributed by atoms with van der Waals surface area (Å²) in [7, 11) is 0. The summed E-state index contributed by atoms with van der Waals surface area (Å²) in [6.07, 6.45) is 4.49. The van der Waals surface area contributed by atoms with E-state index < -0.39 is 6.10 Å². The zero-order chi connectivity index (χ0) is 9.90. The van der Waals surface area contributed by atoms with Crippen LogP contribution in [0.4, 0.5) is 0 Å². The van der Waals surface area contributed by atoms with Crippen LogP contribution in [0.3, 0.4) is 0 Å². The van der Waals surface area contributed by atoms with Crippen LogP contribution in [0.5, 0.6) is 0 Å². The van der Waals surface area contributed by atoms with Crippen LogP contribution in [0, 0.1) is 5.41 Å². The third-order valence-electron chi connectivity index (χ3n) is 1.82. The highest BCUT2D eigenvalue weighted by molar-refractivity contribution is 5.13. The molecule has 0 saturated carbocycles. The molecule has 0 aromatic carbocycles. The lowest BCUT2D eigenvalue weighted by Gasteiger charge is -2.22. The third kappa shape index (κ3) is 3.11. The van der Waals surface area contributed by atoms with Gasteiger partial charge in [0.25, 0.3) is 0 Å². The highest BCUT2D eigenvalue weighted by Crippen LogP contribution is 2.20. The molecule has 0 fully saturated rings. The number of aliphatic hydroxyl groups is 1. The molecule has 0 aromatic heterocycles. The Hall–Kier alpha value is -0.960. The van der Waals surface area contributed by atoms with Gasteiger partial charge in [-0.25, -0.2) is 0 Å². The van der Waals surface area contributed by atoms with Gasteiger partial charge >= 0.3 is 0 Å². The maximum absolute atomic E-state index is 9.64. The second kappa shape index (κ2) is 3.83. The van der Waals surface area contributed by atoms with Crippen molar-refractivity contribution in [2.75, 3.05) is 6.79 Å². The molecule has 0 bridgehead atoms. The predicted molar refractivity (Wildman–Crippen MR) is 49.7 cm³/mol. The highest BCUT2D eigenvalue weighted by Gasteiger charge is 2.19. The Morgan fingerprint density at radius 2 is 2.23 bits per heavy atom. The van der Waals surface area contributed by atoms with Crippen molar-refractivity contribution in [1.29, 1.82) is 0 Å². The summed E-state index contributed by atoms with van der Waals surface area (Å²) in [5.74, 6) is 0.656. The maximum atomic E-state index is 9.64. The monoisotopic (exact) mass is 184 g/mol. The number of ether oxygens (including phenoxy) is 2. The molecule has 0 radical (unpaired) electrons. The number of hydrogen-bond donors (Lipinski definition) is 1. The van der Waals surface area contributed by atoms with Crippen LogP contribution in [0.2, 0.25) is 0 Å². The van der Waals surface area contributed by atoms with Crippen molar-refractivity contribution in [1.82, 2.24) is 0 Å². The molecule has 1 N–H and O–H groups in total. The van der Waals surface area contributed by atoms with E-state index in [1.165, 1.54) is 6.26 Å². The van der Waals surface area contributed by atoms with E-state index in [1.807, 2.05) is 20.8 Å². The Bertz CT molecular complexity index is 223. The standard InChI is InChI=1S/C10H16O3/c1-10(2,3)9(11)5-4-8-6-12-7-13-8/h4-6,9,11H,7H2,1-3H3. The highest BCUT2D eigenvalue weighted by atomic mass is 16.7. The van der Waals surface area contributed by atoms with Gasteiger partial charge in [-0.15, -0.1) is 0 Å². The average Bonchev–Trinajstić information content (AvgIpc) is 2.50. The summed E-state index contributed by atoms with van der Waals surface area (Å²) < 4.78 is 9.91. The summed E-state index contributed by atoms with van der Waals surface area (Å²) in [6.45, 7) is 6.19. The SMILES string of the molecule is CC(C)(C)C(O)C=CC1=COCO1. The number of allylic oxidation sites excluding steroid dienone is 1. The number of rotatable bonds is 2. The van der Waals surface area contributed by atoms with E-state index in [-0.39, 0.29) is 12.2 Å². The molecule has 0 aromatic rings. The molecule has 1 atom stereocenters. The number of hydrogen-bond acceptors (Lipinski definition) is 3. The topological polar surface area (TPSA) is 38.7 Å².